The average Bonchev–Trinajstić information content (AvgIpc) is 3.39. The fraction of sp³-hybridized carbons (Fsp3) is 0.480. The molecule has 0 saturated carbocycles. The Morgan fingerprint density at radius 3 is 2.00 bits per heavy atom. The molecule has 0 aliphatic rings. The van der Waals surface area contributed by atoms with Crippen molar-refractivity contribution in [3.05, 3.63) is 42.0 Å². The summed E-state index contributed by atoms with van der Waals surface area (Å²) < 4.78 is 0. The number of benzene rings is 1. The Kier molecular flexibility index (Phi) is 5.16. The number of nitrogens with zero attached hydrogens (tertiary/aromatic N) is 3. The first kappa shape index (κ1) is 20.6. The van der Waals surface area contributed by atoms with Gasteiger partial charge in [-0.25, -0.2) is 9.97 Å². The van der Waals surface area contributed by atoms with Gasteiger partial charge in [0.1, 0.15) is 11.6 Å². The summed E-state index contributed by atoms with van der Waals surface area (Å²) in [5.74, 6) is 1.91. The van der Waals surface area contributed by atoms with E-state index in [1.54, 1.807) is 0 Å². The Morgan fingerprint density at radius 1 is 0.767 bits per heavy atom. The van der Waals surface area contributed by atoms with E-state index in [-0.39, 0.29) is 10.8 Å². The molecule has 0 aliphatic carbocycles. The molecule has 5 heteroatoms. The van der Waals surface area contributed by atoms with Crippen molar-refractivity contribution in [3.8, 4) is 11.4 Å². The van der Waals surface area contributed by atoms with Crippen LogP contribution in [0.25, 0.3) is 33.5 Å². The zero-order chi connectivity index (χ0) is 21.5. The smallest absolute Gasteiger partial charge is 0.140 e. The summed E-state index contributed by atoms with van der Waals surface area (Å²) in [4.78, 5) is 21.5. The number of pyridine rings is 1. The van der Waals surface area contributed by atoms with Gasteiger partial charge in [-0.2, -0.15) is 0 Å². The van der Waals surface area contributed by atoms with Gasteiger partial charge in [0.2, 0.25) is 0 Å². The average molecular weight is 404 g/mol. The second-order valence-electron chi connectivity index (χ2n) is 9.02. The Hall–Kier alpha value is -2.69. The van der Waals surface area contributed by atoms with Crippen LogP contribution >= 0.6 is 0 Å². The number of aromatic amines is 2. The van der Waals surface area contributed by atoms with Crippen LogP contribution in [-0.2, 0) is 10.8 Å². The van der Waals surface area contributed by atoms with E-state index in [1.165, 1.54) is 0 Å². The molecule has 4 aromatic rings. The minimum absolute atomic E-state index is 0.0736. The SMILES string of the molecule is CCC(C)(CC)c1ccc(-c2nc3cc4nc(C(C)(CC)CC)[nH]c4cc3[nH]2)cn1. The summed E-state index contributed by atoms with van der Waals surface area (Å²) in [7, 11) is 0. The van der Waals surface area contributed by atoms with Crippen LogP contribution in [0.1, 0.15) is 78.7 Å². The highest BCUT2D eigenvalue weighted by Crippen LogP contribution is 2.33. The van der Waals surface area contributed by atoms with Crippen molar-refractivity contribution in [2.45, 2.75) is 78.1 Å². The van der Waals surface area contributed by atoms with Crippen molar-refractivity contribution in [1.82, 2.24) is 24.9 Å². The molecule has 158 valence electrons. The Morgan fingerprint density at radius 2 is 1.40 bits per heavy atom. The molecule has 0 bridgehead atoms. The number of nitrogens with one attached hydrogen (secondary N) is 2. The van der Waals surface area contributed by atoms with Crippen LogP contribution in [0.5, 0.6) is 0 Å². The van der Waals surface area contributed by atoms with Gasteiger partial charge in [0, 0.05) is 28.3 Å². The fourth-order valence-electron chi connectivity index (χ4n) is 4.03. The van der Waals surface area contributed by atoms with Crippen molar-refractivity contribution >= 4 is 22.1 Å². The largest absolute Gasteiger partial charge is 0.341 e. The number of fused-ring (bicyclic) bond motifs is 2. The first-order valence-electron chi connectivity index (χ1n) is 11.2. The molecule has 0 aliphatic heterocycles. The van der Waals surface area contributed by atoms with Crippen molar-refractivity contribution in [1.29, 1.82) is 0 Å². The Labute approximate surface area is 178 Å². The molecule has 3 heterocycles. The summed E-state index contributed by atoms with van der Waals surface area (Å²) in [6, 6.07) is 8.46. The molecule has 5 nitrogen and oxygen atoms in total. The lowest BCUT2D eigenvalue weighted by atomic mass is 9.81. The third-order valence-corrected chi connectivity index (χ3v) is 7.43. The topological polar surface area (TPSA) is 70.2 Å². The van der Waals surface area contributed by atoms with E-state index < -0.39 is 0 Å². The molecule has 4 rings (SSSR count). The summed E-state index contributed by atoms with van der Waals surface area (Å²) in [6.07, 6.45) is 6.21. The zero-order valence-corrected chi connectivity index (χ0v) is 19.1. The number of imidazole rings is 2. The third kappa shape index (κ3) is 3.30. The zero-order valence-electron chi connectivity index (χ0n) is 19.1. The molecule has 30 heavy (non-hydrogen) atoms. The number of hydrogen-bond acceptors (Lipinski definition) is 3. The lowest BCUT2D eigenvalue weighted by molar-refractivity contribution is 0.416. The number of H-pyrrole nitrogens is 2. The molecule has 0 fully saturated rings. The molecule has 1 aromatic carbocycles. The van der Waals surface area contributed by atoms with E-state index in [0.29, 0.717) is 0 Å². The van der Waals surface area contributed by atoms with Gasteiger partial charge in [-0.15, -0.1) is 0 Å². The minimum Gasteiger partial charge on any atom is -0.341 e. The first-order valence-corrected chi connectivity index (χ1v) is 11.2. The third-order valence-electron chi connectivity index (χ3n) is 7.43. The van der Waals surface area contributed by atoms with E-state index in [0.717, 1.165) is 70.7 Å². The summed E-state index contributed by atoms with van der Waals surface area (Å²) in [6.45, 7) is 13.4. The van der Waals surface area contributed by atoms with Gasteiger partial charge in [0.25, 0.3) is 0 Å². The molecular weight excluding hydrogens is 370 g/mol. The highest BCUT2D eigenvalue weighted by Gasteiger charge is 2.26. The summed E-state index contributed by atoms with van der Waals surface area (Å²) in [5.41, 5.74) is 6.32. The second-order valence-corrected chi connectivity index (χ2v) is 9.02. The van der Waals surface area contributed by atoms with Crippen molar-refractivity contribution in [2.75, 3.05) is 0 Å². The molecular formula is C25H33N5. The predicted molar refractivity (Wildman–Crippen MR) is 125 cm³/mol. The Bertz CT molecular complexity index is 1110. The van der Waals surface area contributed by atoms with Gasteiger partial charge in [-0.1, -0.05) is 41.5 Å². The van der Waals surface area contributed by atoms with Crippen LogP contribution in [0, 0.1) is 0 Å². The molecule has 0 saturated heterocycles. The monoisotopic (exact) mass is 403 g/mol. The molecule has 0 radical (unpaired) electrons. The lowest BCUT2D eigenvalue weighted by Gasteiger charge is -2.25. The van der Waals surface area contributed by atoms with Gasteiger partial charge in [0.15, 0.2) is 0 Å². The van der Waals surface area contributed by atoms with E-state index in [9.17, 15) is 0 Å². The van der Waals surface area contributed by atoms with Crippen LogP contribution in [0.2, 0.25) is 0 Å². The van der Waals surface area contributed by atoms with Gasteiger partial charge < -0.3 is 9.97 Å². The Balaban J connectivity index is 1.70. The molecule has 2 N–H and O–H groups in total. The second kappa shape index (κ2) is 7.53. The van der Waals surface area contributed by atoms with Gasteiger partial charge in [0.05, 0.1) is 22.1 Å². The standard InChI is InChI=1S/C25H33N5/c1-7-24(5,8-2)21-12-11-16(15-26-21)22-27-17-13-19-20(14-18(17)28-22)30-23(29-19)25(6,9-3)10-4/h11-15H,7-10H2,1-6H3,(H,27,28)(H,29,30). The number of rotatable bonds is 7. The maximum atomic E-state index is 4.89. The minimum atomic E-state index is 0.0736. The highest BCUT2D eigenvalue weighted by molar-refractivity contribution is 5.92. The van der Waals surface area contributed by atoms with Crippen LogP contribution in [0.3, 0.4) is 0 Å². The van der Waals surface area contributed by atoms with Gasteiger partial charge in [-0.05, 0) is 49.9 Å². The predicted octanol–water partition coefficient (Wildman–Crippen LogP) is 6.66. The van der Waals surface area contributed by atoms with Crippen LogP contribution < -0.4 is 0 Å². The molecule has 0 amide bonds. The van der Waals surface area contributed by atoms with Crippen LogP contribution in [0.4, 0.5) is 0 Å². The van der Waals surface area contributed by atoms with E-state index in [4.69, 9.17) is 15.0 Å². The maximum absolute atomic E-state index is 4.89. The highest BCUT2D eigenvalue weighted by atomic mass is 15.0. The van der Waals surface area contributed by atoms with E-state index in [2.05, 4.69) is 75.8 Å². The van der Waals surface area contributed by atoms with E-state index >= 15 is 0 Å². The van der Waals surface area contributed by atoms with Crippen molar-refractivity contribution in [3.63, 3.8) is 0 Å². The molecule has 0 spiro atoms. The van der Waals surface area contributed by atoms with Crippen molar-refractivity contribution < 1.29 is 0 Å². The van der Waals surface area contributed by atoms with Crippen LogP contribution in [-0.4, -0.2) is 24.9 Å². The maximum Gasteiger partial charge on any atom is 0.140 e. The number of hydrogen-bond donors (Lipinski definition) is 2. The number of aromatic nitrogens is 5. The van der Waals surface area contributed by atoms with Crippen LogP contribution in [0.15, 0.2) is 30.5 Å². The van der Waals surface area contributed by atoms with Gasteiger partial charge in [-0.3, -0.25) is 4.98 Å². The lowest BCUT2D eigenvalue weighted by Crippen LogP contribution is -2.21. The van der Waals surface area contributed by atoms with Crippen molar-refractivity contribution in [2.24, 2.45) is 0 Å². The quantitative estimate of drug-likeness (QED) is 0.362. The van der Waals surface area contributed by atoms with Gasteiger partial charge >= 0.3 is 0 Å². The fourth-order valence-corrected chi connectivity index (χ4v) is 4.03. The first-order chi connectivity index (χ1) is 14.4. The van der Waals surface area contributed by atoms with E-state index in [1.807, 2.05) is 6.20 Å². The molecule has 0 unspecified atom stereocenters. The molecule has 0 atom stereocenters. The molecule has 3 aromatic heterocycles. The summed E-state index contributed by atoms with van der Waals surface area (Å²) >= 11 is 0. The normalized spacial score (nSPS) is 12.9. The summed E-state index contributed by atoms with van der Waals surface area (Å²) in [5, 5.41) is 0.